The minimum atomic E-state index is -3.62. The fraction of sp³-hybridized carbons (Fsp3) is 0.333. The summed E-state index contributed by atoms with van der Waals surface area (Å²) in [7, 11) is -3.62. The molecule has 1 fully saturated rings. The first-order valence-electron chi connectivity index (χ1n) is 8.35. The number of hydrogen-bond acceptors (Lipinski definition) is 4. The molecule has 0 spiro atoms. The van der Waals surface area contributed by atoms with Crippen molar-refractivity contribution in [2.75, 3.05) is 37.7 Å². The predicted molar refractivity (Wildman–Crippen MR) is 100.0 cm³/mol. The van der Waals surface area contributed by atoms with Gasteiger partial charge in [-0.3, -0.25) is 0 Å². The molecule has 5 nitrogen and oxygen atoms in total. The number of hydrogen-bond donors (Lipinski definition) is 0. The van der Waals surface area contributed by atoms with Crippen molar-refractivity contribution >= 4 is 27.3 Å². The van der Waals surface area contributed by atoms with E-state index in [1.807, 2.05) is 11.8 Å². The van der Waals surface area contributed by atoms with Crippen LogP contribution < -0.4 is 9.64 Å². The molecule has 0 saturated carbocycles. The Hall–Kier alpha value is -1.83. The van der Waals surface area contributed by atoms with Crippen LogP contribution in [0.25, 0.3) is 0 Å². The summed E-state index contributed by atoms with van der Waals surface area (Å²) in [6.07, 6.45) is 0. The summed E-state index contributed by atoms with van der Waals surface area (Å²) in [5.74, 6) is 0.0722. The number of nitrogens with zero attached hydrogens (tertiary/aromatic N) is 2. The maximum absolute atomic E-state index is 13.1. The van der Waals surface area contributed by atoms with Gasteiger partial charge in [0.15, 0.2) is 0 Å². The summed E-state index contributed by atoms with van der Waals surface area (Å²) >= 11 is 6.04. The van der Waals surface area contributed by atoms with Crippen molar-refractivity contribution in [3.63, 3.8) is 0 Å². The molecule has 0 aliphatic carbocycles. The zero-order valence-corrected chi connectivity index (χ0v) is 15.9. The van der Waals surface area contributed by atoms with Gasteiger partial charge in [0.1, 0.15) is 11.6 Å². The molecule has 0 aromatic heterocycles. The van der Waals surface area contributed by atoms with Crippen LogP contribution in [-0.4, -0.2) is 45.5 Å². The normalized spacial score (nSPS) is 15.9. The van der Waals surface area contributed by atoms with E-state index in [2.05, 4.69) is 0 Å². The molecule has 0 unspecified atom stereocenters. The molecule has 2 aromatic carbocycles. The number of anilines is 1. The van der Waals surface area contributed by atoms with Crippen molar-refractivity contribution in [1.82, 2.24) is 4.31 Å². The van der Waals surface area contributed by atoms with Gasteiger partial charge in [0.05, 0.1) is 16.5 Å². The molecule has 1 aliphatic heterocycles. The number of ether oxygens (including phenoxy) is 1. The number of halogens is 2. The van der Waals surface area contributed by atoms with Gasteiger partial charge in [0.2, 0.25) is 10.0 Å². The standard InChI is InChI=1S/C18H20ClFN2O3S/c1-2-25-18-13-16(7-8-17(18)19)26(23,24)22-11-9-21(10-12-22)15-5-3-14(20)4-6-15/h3-8,13H,2,9-12H2,1H3. The van der Waals surface area contributed by atoms with Crippen molar-refractivity contribution in [2.24, 2.45) is 0 Å². The van der Waals surface area contributed by atoms with Crippen molar-refractivity contribution in [3.8, 4) is 5.75 Å². The Kier molecular flexibility index (Phi) is 5.70. The van der Waals surface area contributed by atoms with Crippen LogP contribution in [0, 0.1) is 5.82 Å². The zero-order valence-electron chi connectivity index (χ0n) is 14.4. The lowest BCUT2D eigenvalue weighted by Crippen LogP contribution is -2.48. The third kappa shape index (κ3) is 3.95. The third-order valence-electron chi connectivity index (χ3n) is 4.27. The summed E-state index contributed by atoms with van der Waals surface area (Å²) in [6, 6.07) is 10.7. The van der Waals surface area contributed by atoms with Gasteiger partial charge in [-0.1, -0.05) is 11.6 Å². The van der Waals surface area contributed by atoms with E-state index in [0.717, 1.165) is 5.69 Å². The Bertz CT molecular complexity index is 867. The van der Waals surface area contributed by atoms with E-state index in [1.165, 1.54) is 34.6 Å². The molecule has 3 rings (SSSR count). The van der Waals surface area contributed by atoms with E-state index in [4.69, 9.17) is 16.3 Å². The van der Waals surface area contributed by atoms with Crippen LogP contribution in [0.5, 0.6) is 5.75 Å². The minimum Gasteiger partial charge on any atom is -0.492 e. The van der Waals surface area contributed by atoms with Gasteiger partial charge in [-0.05, 0) is 43.3 Å². The van der Waals surface area contributed by atoms with Gasteiger partial charge < -0.3 is 9.64 Å². The maximum Gasteiger partial charge on any atom is 0.243 e. The molecule has 1 heterocycles. The van der Waals surface area contributed by atoms with Gasteiger partial charge in [0.25, 0.3) is 0 Å². The molecule has 0 bridgehead atoms. The van der Waals surface area contributed by atoms with Gasteiger partial charge >= 0.3 is 0 Å². The molecule has 0 atom stereocenters. The van der Waals surface area contributed by atoms with E-state index in [-0.39, 0.29) is 10.7 Å². The van der Waals surface area contributed by atoms with Crippen LogP contribution in [0.2, 0.25) is 5.02 Å². The Balaban J connectivity index is 1.73. The monoisotopic (exact) mass is 398 g/mol. The maximum atomic E-state index is 13.1. The summed E-state index contributed by atoms with van der Waals surface area (Å²) in [4.78, 5) is 2.21. The second kappa shape index (κ2) is 7.82. The highest BCUT2D eigenvalue weighted by Crippen LogP contribution is 2.29. The van der Waals surface area contributed by atoms with Gasteiger partial charge in [-0.2, -0.15) is 4.31 Å². The number of rotatable bonds is 5. The molecule has 0 radical (unpaired) electrons. The molecular formula is C18H20ClFN2O3S. The highest BCUT2D eigenvalue weighted by molar-refractivity contribution is 7.89. The van der Waals surface area contributed by atoms with Gasteiger partial charge in [-0.15, -0.1) is 0 Å². The lowest BCUT2D eigenvalue weighted by Gasteiger charge is -2.35. The predicted octanol–water partition coefficient (Wildman–Crippen LogP) is 3.39. The van der Waals surface area contributed by atoms with E-state index in [1.54, 1.807) is 12.1 Å². The summed E-state index contributed by atoms with van der Waals surface area (Å²) in [6.45, 7) is 4.00. The molecule has 1 saturated heterocycles. The fourth-order valence-electron chi connectivity index (χ4n) is 2.90. The minimum absolute atomic E-state index is 0.167. The van der Waals surface area contributed by atoms with Crippen LogP contribution in [0.1, 0.15) is 6.92 Å². The van der Waals surface area contributed by atoms with Crippen molar-refractivity contribution < 1.29 is 17.5 Å². The zero-order chi connectivity index (χ0) is 18.7. The van der Waals surface area contributed by atoms with Crippen LogP contribution in [0.4, 0.5) is 10.1 Å². The van der Waals surface area contributed by atoms with Crippen LogP contribution in [0.3, 0.4) is 0 Å². The quantitative estimate of drug-likeness (QED) is 0.774. The highest BCUT2D eigenvalue weighted by atomic mass is 35.5. The average molecular weight is 399 g/mol. The highest BCUT2D eigenvalue weighted by Gasteiger charge is 2.29. The van der Waals surface area contributed by atoms with E-state index >= 15 is 0 Å². The van der Waals surface area contributed by atoms with Crippen LogP contribution >= 0.6 is 11.6 Å². The number of piperazine rings is 1. The van der Waals surface area contributed by atoms with E-state index < -0.39 is 10.0 Å². The first-order valence-corrected chi connectivity index (χ1v) is 10.2. The molecule has 0 N–H and O–H groups in total. The second-order valence-corrected chi connectivity index (χ2v) is 8.24. The molecule has 8 heteroatoms. The summed E-state index contributed by atoms with van der Waals surface area (Å²) in [5.41, 5.74) is 0.883. The van der Waals surface area contributed by atoms with Gasteiger partial charge in [0, 0.05) is 37.9 Å². The lowest BCUT2D eigenvalue weighted by molar-refractivity contribution is 0.339. The average Bonchev–Trinajstić information content (AvgIpc) is 2.64. The molecule has 140 valence electrons. The SMILES string of the molecule is CCOc1cc(S(=O)(=O)N2CCN(c3ccc(F)cc3)CC2)ccc1Cl. The Morgan fingerprint density at radius 1 is 1.08 bits per heavy atom. The molecule has 2 aromatic rings. The van der Waals surface area contributed by atoms with E-state index in [0.29, 0.717) is 43.6 Å². The largest absolute Gasteiger partial charge is 0.492 e. The Morgan fingerprint density at radius 2 is 1.73 bits per heavy atom. The fourth-order valence-corrected chi connectivity index (χ4v) is 4.51. The first kappa shape index (κ1) is 18.9. The molecule has 1 aliphatic rings. The Morgan fingerprint density at radius 3 is 2.35 bits per heavy atom. The molecule has 0 amide bonds. The van der Waals surface area contributed by atoms with Crippen LogP contribution in [0.15, 0.2) is 47.4 Å². The second-order valence-electron chi connectivity index (χ2n) is 5.89. The van der Waals surface area contributed by atoms with Gasteiger partial charge in [-0.25, -0.2) is 12.8 Å². The van der Waals surface area contributed by atoms with Crippen molar-refractivity contribution in [2.45, 2.75) is 11.8 Å². The van der Waals surface area contributed by atoms with Crippen molar-refractivity contribution in [3.05, 3.63) is 53.3 Å². The summed E-state index contributed by atoms with van der Waals surface area (Å²) < 4.78 is 45.7. The topological polar surface area (TPSA) is 49.9 Å². The lowest BCUT2D eigenvalue weighted by atomic mass is 10.2. The number of sulfonamides is 1. The van der Waals surface area contributed by atoms with Crippen LogP contribution in [-0.2, 0) is 10.0 Å². The summed E-state index contributed by atoms with van der Waals surface area (Å²) in [5, 5.41) is 0.381. The number of benzene rings is 2. The first-order chi connectivity index (χ1) is 12.4. The third-order valence-corrected chi connectivity index (χ3v) is 6.48. The smallest absolute Gasteiger partial charge is 0.243 e. The van der Waals surface area contributed by atoms with Crippen molar-refractivity contribution in [1.29, 1.82) is 0 Å². The molecule has 26 heavy (non-hydrogen) atoms. The Labute approximate surface area is 158 Å². The van der Waals surface area contributed by atoms with E-state index in [9.17, 15) is 12.8 Å². The molecular weight excluding hydrogens is 379 g/mol.